The summed E-state index contributed by atoms with van der Waals surface area (Å²) >= 11 is 0. The average molecular weight is 237 g/mol. The first-order valence-corrected chi connectivity index (χ1v) is 6.02. The molecule has 0 spiro atoms. The average Bonchev–Trinajstić information content (AvgIpc) is 2.67. The molecule has 2 heterocycles. The van der Waals surface area contributed by atoms with Gasteiger partial charge in [0.1, 0.15) is 5.69 Å². The van der Waals surface area contributed by atoms with E-state index in [1.807, 2.05) is 17.9 Å². The Hall–Kier alpha value is -1.36. The molecule has 5 nitrogen and oxygen atoms in total. The second-order valence-corrected chi connectivity index (χ2v) is 4.74. The molecule has 1 aliphatic rings. The van der Waals surface area contributed by atoms with Crippen LogP contribution in [0.5, 0.6) is 0 Å². The van der Waals surface area contributed by atoms with E-state index in [0.29, 0.717) is 12.2 Å². The molecule has 2 rings (SSSR count). The van der Waals surface area contributed by atoms with Crippen LogP contribution in [-0.2, 0) is 7.05 Å². The highest BCUT2D eigenvalue weighted by molar-refractivity contribution is 5.92. The van der Waals surface area contributed by atoms with Gasteiger partial charge < -0.3 is 10.0 Å². The summed E-state index contributed by atoms with van der Waals surface area (Å²) in [6.45, 7) is 3.47. The van der Waals surface area contributed by atoms with Crippen LogP contribution in [0.25, 0.3) is 0 Å². The first-order valence-electron chi connectivity index (χ1n) is 6.02. The molecule has 0 aliphatic carbocycles. The Labute approximate surface area is 101 Å². The standard InChI is InChI=1S/C12H19N3O2/c1-9-6-11(14(2)13-9)12(17)15-5-3-4-10(7-15)8-16/h6,10,16H,3-5,7-8H2,1-2H3/t10-/m1/s1. The predicted molar refractivity (Wildman–Crippen MR) is 63.7 cm³/mol. The highest BCUT2D eigenvalue weighted by Crippen LogP contribution is 2.18. The van der Waals surface area contributed by atoms with Crippen molar-refractivity contribution < 1.29 is 9.90 Å². The van der Waals surface area contributed by atoms with Gasteiger partial charge in [0.25, 0.3) is 5.91 Å². The summed E-state index contributed by atoms with van der Waals surface area (Å²) in [5.41, 5.74) is 1.48. The fourth-order valence-corrected chi connectivity index (χ4v) is 2.37. The number of carbonyl (C=O) groups excluding carboxylic acids is 1. The zero-order valence-corrected chi connectivity index (χ0v) is 10.4. The number of aliphatic hydroxyl groups is 1. The highest BCUT2D eigenvalue weighted by Gasteiger charge is 2.25. The van der Waals surface area contributed by atoms with Crippen LogP contribution < -0.4 is 0 Å². The molecule has 0 aromatic carbocycles. The van der Waals surface area contributed by atoms with Gasteiger partial charge in [-0.3, -0.25) is 9.48 Å². The Morgan fingerprint density at radius 3 is 3.00 bits per heavy atom. The lowest BCUT2D eigenvalue weighted by Gasteiger charge is -2.31. The summed E-state index contributed by atoms with van der Waals surface area (Å²) in [7, 11) is 1.79. The van der Waals surface area contributed by atoms with Gasteiger partial charge in [-0.15, -0.1) is 0 Å². The number of likely N-dealkylation sites (tertiary alicyclic amines) is 1. The van der Waals surface area contributed by atoms with Crippen molar-refractivity contribution in [3.8, 4) is 0 Å². The number of aromatic nitrogens is 2. The molecule has 0 radical (unpaired) electrons. The van der Waals surface area contributed by atoms with E-state index in [1.54, 1.807) is 11.7 Å². The molecule has 1 aliphatic heterocycles. The zero-order chi connectivity index (χ0) is 12.4. The topological polar surface area (TPSA) is 58.4 Å². The van der Waals surface area contributed by atoms with E-state index in [2.05, 4.69) is 5.10 Å². The van der Waals surface area contributed by atoms with E-state index < -0.39 is 0 Å². The van der Waals surface area contributed by atoms with Gasteiger partial charge in [0.15, 0.2) is 0 Å². The monoisotopic (exact) mass is 237 g/mol. The van der Waals surface area contributed by atoms with Gasteiger partial charge in [-0.2, -0.15) is 5.10 Å². The lowest BCUT2D eigenvalue weighted by Crippen LogP contribution is -2.41. The lowest BCUT2D eigenvalue weighted by molar-refractivity contribution is 0.0610. The molecular weight excluding hydrogens is 218 g/mol. The van der Waals surface area contributed by atoms with E-state index in [1.165, 1.54) is 0 Å². The molecule has 0 unspecified atom stereocenters. The van der Waals surface area contributed by atoms with Crippen LogP contribution in [0.2, 0.25) is 0 Å². The van der Waals surface area contributed by atoms with Crippen LogP contribution in [0.3, 0.4) is 0 Å². The molecule has 1 fully saturated rings. The number of carbonyl (C=O) groups is 1. The van der Waals surface area contributed by atoms with Crippen LogP contribution in [-0.4, -0.2) is 45.4 Å². The first-order chi connectivity index (χ1) is 8.11. The van der Waals surface area contributed by atoms with E-state index in [9.17, 15) is 4.79 Å². The van der Waals surface area contributed by atoms with Gasteiger partial charge in [0.2, 0.25) is 0 Å². The van der Waals surface area contributed by atoms with E-state index in [0.717, 1.165) is 25.1 Å². The number of rotatable bonds is 2. The Kier molecular flexibility index (Phi) is 3.47. The number of nitrogens with zero attached hydrogens (tertiary/aromatic N) is 3. The van der Waals surface area contributed by atoms with Crippen molar-refractivity contribution in [1.29, 1.82) is 0 Å². The summed E-state index contributed by atoms with van der Waals surface area (Å²) < 4.78 is 1.63. The van der Waals surface area contributed by atoms with Crippen molar-refractivity contribution in [2.75, 3.05) is 19.7 Å². The summed E-state index contributed by atoms with van der Waals surface area (Å²) in [6.07, 6.45) is 1.97. The minimum atomic E-state index is 0.0197. The number of amides is 1. The summed E-state index contributed by atoms with van der Waals surface area (Å²) in [5.74, 6) is 0.244. The Bertz CT molecular complexity index is 414. The number of aliphatic hydroxyl groups excluding tert-OH is 1. The summed E-state index contributed by atoms with van der Waals surface area (Å²) in [5, 5.41) is 13.4. The molecule has 94 valence electrons. The largest absolute Gasteiger partial charge is 0.396 e. The summed E-state index contributed by atoms with van der Waals surface area (Å²) in [6, 6.07) is 1.81. The van der Waals surface area contributed by atoms with Gasteiger partial charge in [-0.25, -0.2) is 0 Å². The number of piperidine rings is 1. The normalized spacial score (nSPS) is 20.6. The van der Waals surface area contributed by atoms with Crippen molar-refractivity contribution in [2.24, 2.45) is 13.0 Å². The number of aryl methyl sites for hydroxylation is 2. The molecule has 0 saturated carbocycles. The molecule has 1 aromatic heterocycles. The van der Waals surface area contributed by atoms with E-state index >= 15 is 0 Å². The van der Waals surface area contributed by atoms with Crippen molar-refractivity contribution in [3.63, 3.8) is 0 Å². The fourth-order valence-electron chi connectivity index (χ4n) is 2.37. The molecule has 1 N–H and O–H groups in total. The smallest absolute Gasteiger partial charge is 0.272 e. The SMILES string of the molecule is Cc1cc(C(=O)N2CCC[C@@H](CO)C2)n(C)n1. The van der Waals surface area contributed by atoms with Gasteiger partial charge in [-0.05, 0) is 31.7 Å². The van der Waals surface area contributed by atoms with Crippen molar-refractivity contribution in [2.45, 2.75) is 19.8 Å². The molecule has 0 bridgehead atoms. The van der Waals surface area contributed by atoms with Crippen LogP contribution >= 0.6 is 0 Å². The first kappa shape index (κ1) is 12.1. The van der Waals surface area contributed by atoms with Gasteiger partial charge in [0.05, 0.1) is 5.69 Å². The van der Waals surface area contributed by atoms with E-state index in [4.69, 9.17) is 5.11 Å². The third-order valence-electron chi connectivity index (χ3n) is 3.29. The number of hydrogen-bond donors (Lipinski definition) is 1. The van der Waals surface area contributed by atoms with Crippen LogP contribution in [0, 0.1) is 12.8 Å². The van der Waals surface area contributed by atoms with Crippen molar-refractivity contribution in [1.82, 2.24) is 14.7 Å². The molecule has 1 atom stereocenters. The molecule has 17 heavy (non-hydrogen) atoms. The zero-order valence-electron chi connectivity index (χ0n) is 10.4. The van der Waals surface area contributed by atoms with Gasteiger partial charge in [0, 0.05) is 26.7 Å². The van der Waals surface area contributed by atoms with E-state index in [-0.39, 0.29) is 18.4 Å². The minimum absolute atomic E-state index is 0.0197. The van der Waals surface area contributed by atoms with Gasteiger partial charge >= 0.3 is 0 Å². The van der Waals surface area contributed by atoms with Crippen molar-refractivity contribution in [3.05, 3.63) is 17.5 Å². The number of hydrogen-bond acceptors (Lipinski definition) is 3. The van der Waals surface area contributed by atoms with Crippen molar-refractivity contribution >= 4 is 5.91 Å². The third kappa shape index (κ3) is 2.49. The third-order valence-corrected chi connectivity index (χ3v) is 3.29. The Morgan fingerprint density at radius 1 is 1.65 bits per heavy atom. The quantitative estimate of drug-likeness (QED) is 0.818. The minimum Gasteiger partial charge on any atom is -0.396 e. The van der Waals surface area contributed by atoms with Crippen LogP contribution in [0.4, 0.5) is 0 Å². The van der Waals surface area contributed by atoms with Crippen LogP contribution in [0.1, 0.15) is 29.0 Å². The molecular formula is C12H19N3O2. The Morgan fingerprint density at radius 2 is 2.41 bits per heavy atom. The fraction of sp³-hybridized carbons (Fsp3) is 0.667. The molecule has 1 saturated heterocycles. The van der Waals surface area contributed by atoms with Gasteiger partial charge in [-0.1, -0.05) is 0 Å². The lowest BCUT2D eigenvalue weighted by atomic mass is 9.99. The molecule has 1 aromatic rings. The second kappa shape index (κ2) is 4.87. The predicted octanol–water partition coefficient (Wildman–Crippen LogP) is 0.573. The highest BCUT2D eigenvalue weighted by atomic mass is 16.3. The van der Waals surface area contributed by atoms with Crippen LogP contribution in [0.15, 0.2) is 6.07 Å². The maximum atomic E-state index is 12.3. The Balaban J connectivity index is 2.12. The maximum absolute atomic E-state index is 12.3. The molecule has 5 heteroatoms. The molecule has 1 amide bonds. The second-order valence-electron chi connectivity index (χ2n) is 4.74. The maximum Gasteiger partial charge on any atom is 0.272 e. The summed E-state index contributed by atoms with van der Waals surface area (Å²) in [4.78, 5) is 14.1.